The summed E-state index contributed by atoms with van der Waals surface area (Å²) in [5, 5.41) is 2.74. The lowest BCUT2D eigenvalue weighted by Gasteiger charge is -2.07. The molecular formula is C16H16N2O3. The van der Waals surface area contributed by atoms with Crippen LogP contribution in [0.25, 0.3) is 0 Å². The highest BCUT2D eigenvalue weighted by Crippen LogP contribution is 2.12. The van der Waals surface area contributed by atoms with Gasteiger partial charge in [-0.2, -0.15) is 0 Å². The van der Waals surface area contributed by atoms with Crippen molar-refractivity contribution in [2.75, 3.05) is 6.61 Å². The summed E-state index contributed by atoms with van der Waals surface area (Å²) >= 11 is 0. The Balaban J connectivity index is 1.77. The van der Waals surface area contributed by atoms with Gasteiger partial charge in [-0.25, -0.2) is 0 Å². The van der Waals surface area contributed by atoms with Crippen molar-refractivity contribution in [1.82, 2.24) is 10.3 Å². The van der Waals surface area contributed by atoms with E-state index in [1.807, 2.05) is 12.1 Å². The van der Waals surface area contributed by atoms with E-state index in [2.05, 4.69) is 10.3 Å². The quantitative estimate of drug-likeness (QED) is 0.824. The lowest BCUT2D eigenvalue weighted by Crippen LogP contribution is -2.28. The molecule has 2 aromatic rings. The van der Waals surface area contributed by atoms with Crippen LogP contribution in [0.2, 0.25) is 0 Å². The van der Waals surface area contributed by atoms with Crippen LogP contribution >= 0.6 is 0 Å². The van der Waals surface area contributed by atoms with Gasteiger partial charge in [0.1, 0.15) is 5.75 Å². The number of rotatable bonds is 6. The number of carbonyl (C=O) groups is 2. The van der Waals surface area contributed by atoms with Gasteiger partial charge in [-0.3, -0.25) is 14.6 Å². The monoisotopic (exact) mass is 284 g/mol. The Hall–Kier alpha value is -2.69. The number of carbonyl (C=O) groups excluding carboxylic acids is 2. The van der Waals surface area contributed by atoms with Gasteiger partial charge in [0.2, 0.25) is 0 Å². The smallest absolute Gasteiger partial charge is 0.258 e. The summed E-state index contributed by atoms with van der Waals surface area (Å²) in [5.41, 5.74) is 1.54. The van der Waals surface area contributed by atoms with Crippen molar-refractivity contribution in [2.24, 2.45) is 0 Å². The largest absolute Gasteiger partial charge is 0.484 e. The van der Waals surface area contributed by atoms with Crippen LogP contribution in [0.15, 0.2) is 48.8 Å². The second kappa shape index (κ2) is 7.19. The molecule has 5 nitrogen and oxygen atoms in total. The minimum absolute atomic E-state index is 0.00392. The number of aromatic nitrogens is 1. The molecule has 0 aliphatic heterocycles. The molecule has 1 amide bonds. The fourth-order valence-corrected chi connectivity index (χ4v) is 1.69. The normalized spacial score (nSPS) is 9.95. The van der Waals surface area contributed by atoms with Crippen molar-refractivity contribution < 1.29 is 14.3 Å². The van der Waals surface area contributed by atoms with Gasteiger partial charge in [0.15, 0.2) is 12.4 Å². The zero-order valence-electron chi connectivity index (χ0n) is 11.7. The first-order valence-electron chi connectivity index (χ1n) is 6.54. The molecule has 0 bridgehead atoms. The maximum Gasteiger partial charge on any atom is 0.258 e. The number of benzene rings is 1. The lowest BCUT2D eigenvalue weighted by atomic mass is 10.1. The highest BCUT2D eigenvalue weighted by molar-refractivity contribution is 5.94. The molecule has 0 fully saturated rings. The average Bonchev–Trinajstić information content (AvgIpc) is 2.52. The molecule has 2 rings (SSSR count). The molecule has 0 saturated carbocycles. The zero-order valence-corrected chi connectivity index (χ0v) is 11.7. The summed E-state index contributed by atoms with van der Waals surface area (Å²) in [6.45, 7) is 1.85. The number of amides is 1. The van der Waals surface area contributed by atoms with E-state index in [0.29, 0.717) is 17.9 Å². The van der Waals surface area contributed by atoms with E-state index >= 15 is 0 Å². The van der Waals surface area contributed by atoms with Crippen LogP contribution in [0.3, 0.4) is 0 Å². The molecule has 1 heterocycles. The van der Waals surface area contributed by atoms with E-state index in [1.54, 1.807) is 36.7 Å². The average molecular weight is 284 g/mol. The van der Waals surface area contributed by atoms with Gasteiger partial charge in [-0.05, 0) is 42.8 Å². The second-order valence-electron chi connectivity index (χ2n) is 4.51. The van der Waals surface area contributed by atoms with Crippen LogP contribution < -0.4 is 10.1 Å². The molecule has 0 saturated heterocycles. The number of hydrogen-bond donors (Lipinski definition) is 1. The third-order valence-corrected chi connectivity index (χ3v) is 2.84. The minimum Gasteiger partial charge on any atom is -0.484 e. The molecule has 0 aliphatic rings. The number of ether oxygens (including phenoxy) is 1. The fourth-order valence-electron chi connectivity index (χ4n) is 1.69. The van der Waals surface area contributed by atoms with Gasteiger partial charge in [0, 0.05) is 24.5 Å². The second-order valence-corrected chi connectivity index (χ2v) is 4.51. The number of ketones is 1. The molecule has 0 spiro atoms. The number of hydrogen-bond acceptors (Lipinski definition) is 4. The van der Waals surface area contributed by atoms with Crippen LogP contribution in [0.5, 0.6) is 5.75 Å². The predicted molar refractivity (Wildman–Crippen MR) is 78.0 cm³/mol. The van der Waals surface area contributed by atoms with Crippen molar-refractivity contribution in [3.8, 4) is 5.75 Å². The van der Waals surface area contributed by atoms with E-state index in [1.165, 1.54) is 6.92 Å². The van der Waals surface area contributed by atoms with Crippen LogP contribution in [0.4, 0.5) is 0 Å². The first kappa shape index (κ1) is 14.7. The summed E-state index contributed by atoms with van der Waals surface area (Å²) in [5.74, 6) is 0.335. The van der Waals surface area contributed by atoms with E-state index in [4.69, 9.17) is 4.74 Å². The Bertz CT molecular complexity index is 609. The maximum atomic E-state index is 11.7. The molecular weight excluding hydrogens is 268 g/mol. The van der Waals surface area contributed by atoms with Gasteiger partial charge < -0.3 is 10.1 Å². The van der Waals surface area contributed by atoms with E-state index < -0.39 is 0 Å². The van der Waals surface area contributed by atoms with Gasteiger partial charge in [0.25, 0.3) is 5.91 Å². The van der Waals surface area contributed by atoms with Crippen LogP contribution in [-0.4, -0.2) is 23.3 Å². The van der Waals surface area contributed by atoms with Gasteiger partial charge >= 0.3 is 0 Å². The molecule has 1 aromatic carbocycles. The van der Waals surface area contributed by atoms with Crippen LogP contribution in [0, 0.1) is 0 Å². The number of nitrogens with zero attached hydrogens (tertiary/aromatic N) is 1. The summed E-state index contributed by atoms with van der Waals surface area (Å²) in [7, 11) is 0. The van der Waals surface area contributed by atoms with E-state index in [9.17, 15) is 9.59 Å². The lowest BCUT2D eigenvalue weighted by molar-refractivity contribution is -0.123. The Morgan fingerprint density at radius 1 is 1.19 bits per heavy atom. The summed E-state index contributed by atoms with van der Waals surface area (Å²) < 4.78 is 5.35. The third kappa shape index (κ3) is 4.72. The van der Waals surface area contributed by atoms with Crippen molar-refractivity contribution in [1.29, 1.82) is 0 Å². The minimum atomic E-state index is -0.213. The molecule has 5 heteroatoms. The standard InChI is InChI=1S/C16H16N2O3/c1-12(19)14-4-6-15(7-5-14)21-11-16(20)18-10-13-3-2-8-17-9-13/h2-9H,10-11H2,1H3,(H,18,20). The molecule has 108 valence electrons. The van der Waals surface area contributed by atoms with Crippen molar-refractivity contribution in [3.63, 3.8) is 0 Å². The molecule has 0 radical (unpaired) electrons. The van der Waals surface area contributed by atoms with Crippen molar-refractivity contribution in [2.45, 2.75) is 13.5 Å². The van der Waals surface area contributed by atoms with E-state index in [-0.39, 0.29) is 18.3 Å². The molecule has 21 heavy (non-hydrogen) atoms. The molecule has 0 unspecified atom stereocenters. The van der Waals surface area contributed by atoms with Gasteiger partial charge in [0.05, 0.1) is 0 Å². The topological polar surface area (TPSA) is 68.3 Å². The van der Waals surface area contributed by atoms with Crippen molar-refractivity contribution >= 4 is 11.7 Å². The molecule has 1 aromatic heterocycles. The Morgan fingerprint density at radius 2 is 1.95 bits per heavy atom. The first-order valence-corrected chi connectivity index (χ1v) is 6.54. The third-order valence-electron chi connectivity index (χ3n) is 2.84. The van der Waals surface area contributed by atoms with Gasteiger partial charge in [-0.1, -0.05) is 6.07 Å². The van der Waals surface area contributed by atoms with Crippen LogP contribution in [-0.2, 0) is 11.3 Å². The molecule has 1 N–H and O–H groups in total. The predicted octanol–water partition coefficient (Wildman–Crippen LogP) is 1.98. The van der Waals surface area contributed by atoms with Crippen molar-refractivity contribution in [3.05, 3.63) is 59.9 Å². The molecule has 0 aliphatic carbocycles. The summed E-state index contributed by atoms with van der Waals surface area (Å²) in [6.07, 6.45) is 3.38. The Labute approximate surface area is 123 Å². The molecule has 0 atom stereocenters. The Morgan fingerprint density at radius 3 is 2.57 bits per heavy atom. The first-order chi connectivity index (χ1) is 10.1. The Kier molecular flexibility index (Phi) is 5.04. The van der Waals surface area contributed by atoms with Crippen LogP contribution in [0.1, 0.15) is 22.8 Å². The number of nitrogens with one attached hydrogen (secondary N) is 1. The zero-order chi connectivity index (χ0) is 15.1. The maximum absolute atomic E-state index is 11.7. The fraction of sp³-hybridized carbons (Fsp3) is 0.188. The number of pyridine rings is 1. The SMILES string of the molecule is CC(=O)c1ccc(OCC(=O)NCc2cccnc2)cc1. The van der Waals surface area contributed by atoms with E-state index in [0.717, 1.165) is 5.56 Å². The van der Waals surface area contributed by atoms with Gasteiger partial charge in [-0.15, -0.1) is 0 Å². The summed E-state index contributed by atoms with van der Waals surface area (Å²) in [4.78, 5) is 26.8. The highest BCUT2D eigenvalue weighted by atomic mass is 16.5. The number of Topliss-reactive ketones (excluding diaryl/α,β-unsaturated/α-hetero) is 1. The summed E-state index contributed by atoms with van der Waals surface area (Å²) in [6, 6.07) is 10.4. The highest BCUT2D eigenvalue weighted by Gasteiger charge is 2.04.